The summed E-state index contributed by atoms with van der Waals surface area (Å²) in [6.07, 6.45) is 3.00. The molecule has 0 amide bonds. The van der Waals surface area contributed by atoms with Gasteiger partial charge in [0.25, 0.3) is 0 Å². The molecule has 0 aliphatic heterocycles. The summed E-state index contributed by atoms with van der Waals surface area (Å²) in [6.45, 7) is 10.8. The second-order valence-corrected chi connectivity index (χ2v) is 4.48. The third kappa shape index (κ3) is 6.52. The number of aromatic nitrogens is 1. The highest BCUT2D eigenvalue weighted by Gasteiger charge is 2.09. The van der Waals surface area contributed by atoms with Crippen LogP contribution < -0.4 is 5.32 Å². The number of hydrogen-bond acceptors (Lipinski definition) is 5. The zero-order chi connectivity index (χ0) is 13.9. The molecular weight excluding hydrogens is 242 g/mol. The van der Waals surface area contributed by atoms with Crippen molar-refractivity contribution in [2.24, 2.45) is 0 Å². The van der Waals surface area contributed by atoms with Crippen LogP contribution in [0, 0.1) is 0 Å². The second kappa shape index (κ2) is 9.72. The molecule has 108 valence electrons. The lowest BCUT2D eigenvalue weighted by atomic mass is 10.3. The second-order valence-electron chi connectivity index (χ2n) is 4.48. The molecular formula is C14H25N3O2. The van der Waals surface area contributed by atoms with Gasteiger partial charge in [-0.1, -0.05) is 18.2 Å². The fourth-order valence-electron chi connectivity index (χ4n) is 1.77. The van der Waals surface area contributed by atoms with Gasteiger partial charge < -0.3 is 14.6 Å². The van der Waals surface area contributed by atoms with E-state index in [4.69, 9.17) is 9.26 Å². The zero-order valence-electron chi connectivity index (χ0n) is 12.0. The van der Waals surface area contributed by atoms with Gasteiger partial charge in [-0.25, -0.2) is 0 Å². The Hall–Kier alpha value is -1.17. The quantitative estimate of drug-likeness (QED) is 0.489. The Bertz CT molecular complexity index is 352. The predicted molar refractivity (Wildman–Crippen MR) is 75.9 cm³/mol. The van der Waals surface area contributed by atoms with Crippen LogP contribution in [0.2, 0.25) is 0 Å². The van der Waals surface area contributed by atoms with Gasteiger partial charge in [-0.15, -0.1) is 6.58 Å². The van der Waals surface area contributed by atoms with Gasteiger partial charge in [0, 0.05) is 32.8 Å². The minimum Gasteiger partial charge on any atom is -0.383 e. The van der Waals surface area contributed by atoms with Gasteiger partial charge in [0.05, 0.1) is 18.8 Å². The highest BCUT2D eigenvalue weighted by molar-refractivity contribution is 5.05. The standard InChI is InChI=1S/C14H25N3O2/c1-4-6-15-11-13-10-14(19-16-13)12-17(7-5-2)8-9-18-3/h5,10,15H,2,4,6-9,11-12H2,1,3H3. The first-order valence-electron chi connectivity index (χ1n) is 6.77. The molecule has 0 aliphatic carbocycles. The first-order valence-corrected chi connectivity index (χ1v) is 6.77. The molecule has 1 aromatic heterocycles. The molecule has 0 aromatic carbocycles. The maximum absolute atomic E-state index is 5.35. The number of methoxy groups -OCH3 is 1. The maximum atomic E-state index is 5.35. The molecule has 1 heterocycles. The molecule has 0 unspecified atom stereocenters. The van der Waals surface area contributed by atoms with E-state index in [2.05, 4.69) is 28.9 Å². The van der Waals surface area contributed by atoms with Crippen molar-refractivity contribution < 1.29 is 9.26 Å². The van der Waals surface area contributed by atoms with E-state index < -0.39 is 0 Å². The van der Waals surface area contributed by atoms with E-state index in [-0.39, 0.29) is 0 Å². The van der Waals surface area contributed by atoms with Crippen molar-refractivity contribution in [1.29, 1.82) is 0 Å². The van der Waals surface area contributed by atoms with E-state index in [9.17, 15) is 0 Å². The highest BCUT2D eigenvalue weighted by atomic mass is 16.5. The third-order valence-electron chi connectivity index (χ3n) is 2.72. The number of rotatable bonds is 11. The fourth-order valence-corrected chi connectivity index (χ4v) is 1.77. The lowest BCUT2D eigenvalue weighted by molar-refractivity contribution is 0.144. The monoisotopic (exact) mass is 267 g/mol. The highest BCUT2D eigenvalue weighted by Crippen LogP contribution is 2.07. The lowest BCUT2D eigenvalue weighted by Crippen LogP contribution is -2.26. The van der Waals surface area contributed by atoms with Crippen LogP contribution in [0.5, 0.6) is 0 Å². The summed E-state index contributed by atoms with van der Waals surface area (Å²) in [4.78, 5) is 2.21. The summed E-state index contributed by atoms with van der Waals surface area (Å²) in [7, 11) is 1.71. The smallest absolute Gasteiger partial charge is 0.151 e. The van der Waals surface area contributed by atoms with Crippen molar-refractivity contribution >= 4 is 0 Å². The van der Waals surface area contributed by atoms with Crippen molar-refractivity contribution in [2.45, 2.75) is 26.4 Å². The van der Waals surface area contributed by atoms with Crippen LogP contribution in [-0.4, -0.2) is 43.4 Å². The van der Waals surface area contributed by atoms with Crippen LogP contribution in [0.4, 0.5) is 0 Å². The average molecular weight is 267 g/mol. The first kappa shape index (κ1) is 15.9. The molecule has 1 aromatic rings. The number of hydrogen-bond donors (Lipinski definition) is 1. The Morgan fingerprint density at radius 3 is 3.11 bits per heavy atom. The minimum absolute atomic E-state index is 0.701. The van der Waals surface area contributed by atoms with Crippen LogP contribution in [0.25, 0.3) is 0 Å². The Morgan fingerprint density at radius 1 is 1.58 bits per heavy atom. The van der Waals surface area contributed by atoms with E-state index in [0.717, 1.165) is 50.6 Å². The Morgan fingerprint density at radius 2 is 2.42 bits per heavy atom. The van der Waals surface area contributed by atoms with E-state index in [1.165, 1.54) is 0 Å². The Balaban J connectivity index is 2.42. The van der Waals surface area contributed by atoms with E-state index in [0.29, 0.717) is 6.61 Å². The third-order valence-corrected chi connectivity index (χ3v) is 2.72. The van der Waals surface area contributed by atoms with Crippen LogP contribution >= 0.6 is 0 Å². The molecule has 5 nitrogen and oxygen atoms in total. The molecule has 5 heteroatoms. The van der Waals surface area contributed by atoms with Gasteiger partial charge in [0.1, 0.15) is 0 Å². The molecule has 0 saturated heterocycles. The summed E-state index contributed by atoms with van der Waals surface area (Å²) in [5, 5.41) is 7.37. The van der Waals surface area contributed by atoms with Crippen LogP contribution in [0.1, 0.15) is 24.8 Å². The van der Waals surface area contributed by atoms with Crippen LogP contribution in [-0.2, 0) is 17.8 Å². The largest absolute Gasteiger partial charge is 0.383 e. The molecule has 0 spiro atoms. The summed E-state index contributed by atoms with van der Waals surface area (Å²) in [5.74, 6) is 0.881. The SMILES string of the molecule is C=CCN(CCOC)Cc1cc(CNCCC)no1. The Labute approximate surface area is 115 Å². The fraction of sp³-hybridized carbons (Fsp3) is 0.643. The van der Waals surface area contributed by atoms with E-state index >= 15 is 0 Å². The van der Waals surface area contributed by atoms with Crippen molar-refractivity contribution in [1.82, 2.24) is 15.4 Å². The number of ether oxygens (including phenoxy) is 1. The van der Waals surface area contributed by atoms with Gasteiger partial charge >= 0.3 is 0 Å². The lowest BCUT2D eigenvalue weighted by Gasteiger charge is -2.18. The molecule has 0 saturated carbocycles. The summed E-state index contributed by atoms with van der Waals surface area (Å²) < 4.78 is 10.4. The molecule has 0 aliphatic rings. The minimum atomic E-state index is 0.701. The number of nitrogens with zero attached hydrogens (tertiary/aromatic N) is 2. The predicted octanol–water partition coefficient (Wildman–Crippen LogP) is 1.81. The molecule has 19 heavy (non-hydrogen) atoms. The summed E-state index contributed by atoms with van der Waals surface area (Å²) >= 11 is 0. The van der Waals surface area contributed by atoms with Crippen molar-refractivity contribution in [3.63, 3.8) is 0 Å². The molecule has 0 atom stereocenters. The average Bonchev–Trinajstić information content (AvgIpc) is 2.84. The molecule has 0 bridgehead atoms. The van der Waals surface area contributed by atoms with Gasteiger partial charge in [0.2, 0.25) is 0 Å². The van der Waals surface area contributed by atoms with E-state index in [1.807, 2.05) is 12.1 Å². The van der Waals surface area contributed by atoms with E-state index in [1.54, 1.807) is 7.11 Å². The van der Waals surface area contributed by atoms with Gasteiger partial charge in [0.15, 0.2) is 5.76 Å². The molecule has 1 N–H and O–H groups in total. The topological polar surface area (TPSA) is 50.5 Å². The van der Waals surface area contributed by atoms with Crippen LogP contribution in [0.3, 0.4) is 0 Å². The van der Waals surface area contributed by atoms with Crippen molar-refractivity contribution in [3.8, 4) is 0 Å². The summed E-state index contributed by atoms with van der Waals surface area (Å²) in [5.41, 5.74) is 0.953. The molecule has 0 radical (unpaired) electrons. The van der Waals surface area contributed by atoms with Crippen LogP contribution in [0.15, 0.2) is 23.2 Å². The normalized spacial score (nSPS) is 11.1. The van der Waals surface area contributed by atoms with Gasteiger partial charge in [-0.3, -0.25) is 4.90 Å². The molecule has 0 fully saturated rings. The maximum Gasteiger partial charge on any atom is 0.151 e. The zero-order valence-corrected chi connectivity index (χ0v) is 12.0. The van der Waals surface area contributed by atoms with Gasteiger partial charge in [-0.2, -0.15) is 0 Å². The Kier molecular flexibility index (Phi) is 8.13. The van der Waals surface area contributed by atoms with Crippen molar-refractivity contribution in [3.05, 3.63) is 30.2 Å². The first-order chi connectivity index (χ1) is 9.30. The summed E-state index contributed by atoms with van der Waals surface area (Å²) in [6, 6.07) is 2.01. The van der Waals surface area contributed by atoms with Gasteiger partial charge in [-0.05, 0) is 13.0 Å². The van der Waals surface area contributed by atoms with Crippen molar-refractivity contribution in [2.75, 3.05) is 33.4 Å². The number of nitrogens with one attached hydrogen (secondary N) is 1. The molecule has 1 rings (SSSR count).